The Balaban J connectivity index is 1.86. The number of ether oxygens (including phenoxy) is 1. The number of hydrogen-bond acceptors (Lipinski definition) is 2. The maximum Gasteiger partial charge on any atom is 0.391 e. The molecule has 1 fully saturated rings. The van der Waals surface area contributed by atoms with Crippen LogP contribution in [0.2, 0.25) is 0 Å². The molecule has 1 aromatic carbocycles. The predicted octanol–water partition coefficient (Wildman–Crippen LogP) is 4.04. The molecule has 0 bridgehead atoms. The van der Waals surface area contributed by atoms with Gasteiger partial charge in [0.1, 0.15) is 0 Å². The smallest absolute Gasteiger partial charge is 0.380 e. The van der Waals surface area contributed by atoms with Gasteiger partial charge in [0.25, 0.3) is 0 Å². The van der Waals surface area contributed by atoms with Crippen molar-refractivity contribution < 1.29 is 17.9 Å². The van der Waals surface area contributed by atoms with Crippen LogP contribution in [0.25, 0.3) is 0 Å². The van der Waals surface area contributed by atoms with E-state index in [1.165, 1.54) is 0 Å². The molecule has 0 heterocycles. The molecule has 1 aliphatic carbocycles. The fraction of sp³-hybridized carbons (Fsp3) is 0.625. The third kappa shape index (κ3) is 5.00. The van der Waals surface area contributed by atoms with Crippen molar-refractivity contribution in [3.63, 3.8) is 0 Å². The second kappa shape index (κ2) is 7.27. The van der Waals surface area contributed by atoms with Crippen molar-refractivity contribution in [2.24, 2.45) is 5.92 Å². The maximum atomic E-state index is 12.8. The molecular formula is C16H22F3NO. The first-order valence-electron chi connectivity index (χ1n) is 7.36. The molecule has 21 heavy (non-hydrogen) atoms. The second-order valence-corrected chi connectivity index (χ2v) is 5.74. The first-order chi connectivity index (χ1) is 9.99. The van der Waals surface area contributed by atoms with Crippen molar-refractivity contribution in [1.82, 2.24) is 5.32 Å². The molecular weight excluding hydrogens is 279 g/mol. The van der Waals surface area contributed by atoms with Crippen LogP contribution >= 0.6 is 0 Å². The van der Waals surface area contributed by atoms with Gasteiger partial charge in [0.2, 0.25) is 0 Å². The van der Waals surface area contributed by atoms with Crippen molar-refractivity contribution in [3.05, 3.63) is 35.4 Å². The molecule has 1 N–H and O–H groups in total. The van der Waals surface area contributed by atoms with Gasteiger partial charge in [-0.05, 0) is 30.4 Å². The van der Waals surface area contributed by atoms with E-state index < -0.39 is 12.1 Å². The van der Waals surface area contributed by atoms with Crippen LogP contribution in [-0.2, 0) is 17.9 Å². The fourth-order valence-electron chi connectivity index (χ4n) is 2.93. The molecule has 1 aliphatic rings. The monoisotopic (exact) mass is 301 g/mol. The van der Waals surface area contributed by atoms with E-state index in [2.05, 4.69) is 5.32 Å². The van der Waals surface area contributed by atoms with E-state index in [1.807, 2.05) is 24.3 Å². The largest absolute Gasteiger partial charge is 0.391 e. The van der Waals surface area contributed by atoms with Gasteiger partial charge in [-0.1, -0.05) is 30.7 Å². The molecule has 1 aromatic rings. The van der Waals surface area contributed by atoms with Gasteiger partial charge >= 0.3 is 6.18 Å². The lowest BCUT2D eigenvalue weighted by Gasteiger charge is -2.31. The molecule has 2 unspecified atom stereocenters. The zero-order valence-corrected chi connectivity index (χ0v) is 12.2. The number of rotatable bonds is 5. The lowest BCUT2D eigenvalue weighted by molar-refractivity contribution is -0.183. The van der Waals surface area contributed by atoms with Gasteiger partial charge in [0.05, 0.1) is 12.5 Å². The van der Waals surface area contributed by atoms with Crippen molar-refractivity contribution in [1.29, 1.82) is 0 Å². The first-order valence-corrected chi connectivity index (χ1v) is 7.36. The van der Waals surface area contributed by atoms with Gasteiger partial charge in [-0.25, -0.2) is 0 Å². The van der Waals surface area contributed by atoms with E-state index in [1.54, 1.807) is 7.11 Å². The Morgan fingerprint density at radius 1 is 1.24 bits per heavy atom. The Morgan fingerprint density at radius 3 is 2.71 bits per heavy atom. The molecule has 2 atom stereocenters. The summed E-state index contributed by atoms with van der Waals surface area (Å²) in [5, 5.41) is 3.27. The third-order valence-electron chi connectivity index (χ3n) is 4.03. The summed E-state index contributed by atoms with van der Waals surface area (Å²) in [5.41, 5.74) is 2.16. The average molecular weight is 301 g/mol. The lowest BCUT2D eigenvalue weighted by Crippen LogP contribution is -2.38. The summed E-state index contributed by atoms with van der Waals surface area (Å²) in [5.74, 6) is -1.15. The number of halogens is 3. The Morgan fingerprint density at radius 2 is 2.00 bits per heavy atom. The zero-order chi connectivity index (χ0) is 15.3. The number of nitrogens with one attached hydrogen (secondary N) is 1. The predicted molar refractivity (Wildman–Crippen MR) is 75.8 cm³/mol. The maximum absolute atomic E-state index is 12.8. The number of methoxy groups -OCH3 is 1. The van der Waals surface area contributed by atoms with Crippen LogP contribution in [0, 0.1) is 5.92 Å². The van der Waals surface area contributed by atoms with Crippen LogP contribution < -0.4 is 5.32 Å². The summed E-state index contributed by atoms with van der Waals surface area (Å²) < 4.78 is 43.4. The summed E-state index contributed by atoms with van der Waals surface area (Å²) in [6.07, 6.45) is -2.12. The molecule has 0 spiro atoms. The molecule has 118 valence electrons. The van der Waals surface area contributed by atoms with Crippen LogP contribution in [-0.4, -0.2) is 19.3 Å². The Kier molecular flexibility index (Phi) is 5.65. The molecule has 1 saturated carbocycles. The Hall–Kier alpha value is -1.07. The van der Waals surface area contributed by atoms with Gasteiger partial charge in [-0.15, -0.1) is 0 Å². The standard InChI is InChI=1S/C16H22F3NO/c1-21-11-13-5-2-4-12(8-13)10-20-15-7-3-6-14(9-15)16(17,18)19/h2,4-5,8,14-15,20H,3,6-7,9-11H2,1H3. The third-order valence-corrected chi connectivity index (χ3v) is 4.03. The minimum Gasteiger partial charge on any atom is -0.380 e. The minimum atomic E-state index is -4.06. The molecule has 0 radical (unpaired) electrons. The van der Waals surface area contributed by atoms with Gasteiger partial charge in [-0.3, -0.25) is 0 Å². The number of alkyl halides is 3. The van der Waals surface area contributed by atoms with Crippen molar-refractivity contribution >= 4 is 0 Å². The summed E-state index contributed by atoms with van der Waals surface area (Å²) >= 11 is 0. The molecule has 0 aliphatic heterocycles. The summed E-state index contributed by atoms with van der Waals surface area (Å²) in [7, 11) is 1.64. The van der Waals surface area contributed by atoms with Gasteiger partial charge in [0, 0.05) is 19.7 Å². The van der Waals surface area contributed by atoms with Crippen LogP contribution in [0.3, 0.4) is 0 Å². The SMILES string of the molecule is COCc1cccc(CNC2CCCC(C(F)(F)F)C2)c1. The van der Waals surface area contributed by atoms with Crippen LogP contribution in [0.5, 0.6) is 0 Å². The Bertz CT molecular complexity index is 447. The molecule has 0 aromatic heterocycles. The second-order valence-electron chi connectivity index (χ2n) is 5.74. The molecule has 5 heteroatoms. The highest BCUT2D eigenvalue weighted by molar-refractivity contribution is 5.22. The summed E-state index contributed by atoms with van der Waals surface area (Å²) in [4.78, 5) is 0. The van der Waals surface area contributed by atoms with Crippen LogP contribution in [0.1, 0.15) is 36.8 Å². The van der Waals surface area contributed by atoms with Crippen LogP contribution in [0.15, 0.2) is 24.3 Å². The topological polar surface area (TPSA) is 21.3 Å². The summed E-state index contributed by atoms with van der Waals surface area (Å²) in [6.45, 7) is 1.15. The Labute approximate surface area is 123 Å². The molecule has 2 rings (SSSR count). The number of hydrogen-bond donors (Lipinski definition) is 1. The van der Waals surface area contributed by atoms with E-state index in [4.69, 9.17) is 4.74 Å². The lowest BCUT2D eigenvalue weighted by atomic mass is 9.85. The van der Waals surface area contributed by atoms with Crippen LogP contribution in [0.4, 0.5) is 13.2 Å². The van der Waals surface area contributed by atoms with Gasteiger partial charge in [0.15, 0.2) is 0 Å². The van der Waals surface area contributed by atoms with E-state index in [0.29, 0.717) is 19.6 Å². The average Bonchev–Trinajstić information content (AvgIpc) is 2.45. The van der Waals surface area contributed by atoms with E-state index in [0.717, 1.165) is 17.5 Å². The highest BCUT2D eigenvalue weighted by Crippen LogP contribution is 2.37. The molecule has 0 saturated heterocycles. The van der Waals surface area contributed by atoms with Gasteiger partial charge < -0.3 is 10.1 Å². The van der Waals surface area contributed by atoms with Crippen molar-refractivity contribution in [2.45, 2.75) is 51.1 Å². The zero-order valence-electron chi connectivity index (χ0n) is 12.2. The van der Waals surface area contributed by atoms with E-state index in [-0.39, 0.29) is 18.9 Å². The summed E-state index contributed by atoms with van der Waals surface area (Å²) in [6, 6.07) is 7.89. The van der Waals surface area contributed by atoms with Gasteiger partial charge in [-0.2, -0.15) is 13.2 Å². The molecule has 2 nitrogen and oxygen atoms in total. The minimum absolute atomic E-state index is 0.0449. The fourth-order valence-corrected chi connectivity index (χ4v) is 2.93. The quantitative estimate of drug-likeness (QED) is 0.886. The van der Waals surface area contributed by atoms with Crippen molar-refractivity contribution in [2.75, 3.05) is 7.11 Å². The normalized spacial score (nSPS) is 23.2. The van der Waals surface area contributed by atoms with E-state index in [9.17, 15) is 13.2 Å². The van der Waals surface area contributed by atoms with Crippen molar-refractivity contribution in [3.8, 4) is 0 Å². The highest BCUT2D eigenvalue weighted by Gasteiger charge is 2.41. The highest BCUT2D eigenvalue weighted by atomic mass is 19.4. The van der Waals surface area contributed by atoms with E-state index >= 15 is 0 Å². The molecule has 0 amide bonds. The first kappa shape index (κ1) is 16.3. The number of benzene rings is 1.